The highest BCUT2D eigenvalue weighted by Gasteiger charge is 2.22. The molecule has 0 spiro atoms. The van der Waals surface area contributed by atoms with Gasteiger partial charge >= 0.3 is 6.09 Å². The number of hydrazine groups is 1. The number of carbonyl (C=O) groups is 3. The normalized spacial score (nSPS) is 11.3. The highest BCUT2D eigenvalue weighted by Crippen LogP contribution is 2.26. The van der Waals surface area contributed by atoms with E-state index in [0.29, 0.717) is 24.5 Å². The van der Waals surface area contributed by atoms with E-state index in [1.54, 1.807) is 24.3 Å². The second kappa shape index (κ2) is 11.6. The third-order valence-electron chi connectivity index (χ3n) is 3.33. The maximum absolute atomic E-state index is 12.2. The van der Waals surface area contributed by atoms with Crippen LogP contribution in [0.15, 0.2) is 24.3 Å². The van der Waals surface area contributed by atoms with Gasteiger partial charge in [0.2, 0.25) is 0 Å². The molecule has 0 saturated heterocycles. The van der Waals surface area contributed by atoms with Crippen LogP contribution in [-0.2, 0) is 14.3 Å². The number of methoxy groups -OCH3 is 1. The first-order valence-corrected chi connectivity index (χ1v) is 8.65. The van der Waals surface area contributed by atoms with Gasteiger partial charge < -0.3 is 19.5 Å². The Kier molecular flexibility index (Phi) is 9.49. The van der Waals surface area contributed by atoms with Crippen molar-refractivity contribution in [1.82, 2.24) is 16.2 Å². The number of nitrogens with one attached hydrogen (secondary N) is 3. The summed E-state index contributed by atoms with van der Waals surface area (Å²) in [6.45, 7) is 5.80. The zero-order valence-electron chi connectivity index (χ0n) is 16.0. The van der Waals surface area contributed by atoms with Crippen LogP contribution in [0.25, 0.3) is 0 Å². The molecule has 0 saturated carbocycles. The fourth-order valence-electron chi connectivity index (χ4n) is 2.15. The number of amides is 3. The Bertz CT molecular complexity index is 635. The minimum Gasteiger partial charge on any atom is -0.490 e. The SMILES string of the molecule is CCOc1ccccc1OCC(=O)NNC(=O)C(CC(C)C)NC(=O)OC. The van der Waals surface area contributed by atoms with Crippen molar-refractivity contribution in [3.05, 3.63) is 24.3 Å². The molecule has 150 valence electrons. The molecule has 3 N–H and O–H groups in total. The molecular formula is C18H27N3O6. The number of para-hydroxylation sites is 2. The fourth-order valence-corrected chi connectivity index (χ4v) is 2.15. The van der Waals surface area contributed by atoms with Crippen LogP contribution in [0.2, 0.25) is 0 Å². The van der Waals surface area contributed by atoms with Crippen LogP contribution in [0.1, 0.15) is 27.2 Å². The van der Waals surface area contributed by atoms with Gasteiger partial charge in [-0.25, -0.2) is 4.79 Å². The van der Waals surface area contributed by atoms with Gasteiger partial charge in [-0.15, -0.1) is 0 Å². The third kappa shape index (κ3) is 8.30. The molecule has 0 aliphatic carbocycles. The summed E-state index contributed by atoms with van der Waals surface area (Å²) in [7, 11) is 1.21. The van der Waals surface area contributed by atoms with Gasteiger partial charge in [0.25, 0.3) is 11.8 Å². The van der Waals surface area contributed by atoms with Crippen molar-refractivity contribution in [2.45, 2.75) is 33.2 Å². The van der Waals surface area contributed by atoms with Gasteiger partial charge in [-0.1, -0.05) is 26.0 Å². The topological polar surface area (TPSA) is 115 Å². The van der Waals surface area contributed by atoms with Gasteiger partial charge in [0.1, 0.15) is 6.04 Å². The lowest BCUT2D eigenvalue weighted by molar-refractivity contribution is -0.131. The summed E-state index contributed by atoms with van der Waals surface area (Å²) in [4.78, 5) is 35.5. The average molecular weight is 381 g/mol. The van der Waals surface area contributed by atoms with Crippen molar-refractivity contribution in [3.63, 3.8) is 0 Å². The molecule has 0 radical (unpaired) electrons. The van der Waals surface area contributed by atoms with E-state index < -0.39 is 23.9 Å². The van der Waals surface area contributed by atoms with Gasteiger partial charge in [-0.3, -0.25) is 20.4 Å². The summed E-state index contributed by atoms with van der Waals surface area (Å²) in [5, 5.41) is 2.43. The molecule has 1 rings (SSSR count). The average Bonchev–Trinajstić information content (AvgIpc) is 2.64. The van der Waals surface area contributed by atoms with Crippen LogP contribution >= 0.6 is 0 Å². The van der Waals surface area contributed by atoms with Crippen LogP contribution in [0.3, 0.4) is 0 Å². The zero-order valence-corrected chi connectivity index (χ0v) is 16.0. The van der Waals surface area contributed by atoms with E-state index in [1.807, 2.05) is 20.8 Å². The molecule has 0 aliphatic rings. The largest absolute Gasteiger partial charge is 0.490 e. The fraction of sp³-hybridized carbons (Fsp3) is 0.500. The lowest BCUT2D eigenvalue weighted by atomic mass is 10.0. The third-order valence-corrected chi connectivity index (χ3v) is 3.33. The Morgan fingerprint density at radius 1 is 1.04 bits per heavy atom. The number of hydrogen-bond acceptors (Lipinski definition) is 6. The van der Waals surface area contributed by atoms with Gasteiger partial charge in [0, 0.05) is 0 Å². The Morgan fingerprint density at radius 2 is 1.67 bits per heavy atom. The lowest BCUT2D eigenvalue weighted by Gasteiger charge is -2.19. The molecule has 0 fully saturated rings. The Morgan fingerprint density at radius 3 is 2.22 bits per heavy atom. The molecule has 9 nitrogen and oxygen atoms in total. The zero-order chi connectivity index (χ0) is 20.2. The predicted molar refractivity (Wildman–Crippen MR) is 98.2 cm³/mol. The maximum atomic E-state index is 12.2. The van der Waals surface area contributed by atoms with E-state index in [1.165, 1.54) is 7.11 Å². The smallest absolute Gasteiger partial charge is 0.407 e. The highest BCUT2D eigenvalue weighted by atomic mass is 16.5. The summed E-state index contributed by atoms with van der Waals surface area (Å²) < 4.78 is 15.3. The van der Waals surface area contributed by atoms with Crippen LogP contribution in [-0.4, -0.2) is 44.3 Å². The van der Waals surface area contributed by atoms with E-state index in [-0.39, 0.29) is 12.5 Å². The molecule has 0 aliphatic heterocycles. The maximum Gasteiger partial charge on any atom is 0.407 e. The molecular weight excluding hydrogens is 354 g/mol. The first-order valence-electron chi connectivity index (χ1n) is 8.65. The number of rotatable bonds is 9. The summed E-state index contributed by atoms with van der Waals surface area (Å²) in [5.41, 5.74) is 4.53. The van der Waals surface area contributed by atoms with Crippen molar-refractivity contribution in [1.29, 1.82) is 0 Å². The molecule has 9 heteroatoms. The van der Waals surface area contributed by atoms with Crippen LogP contribution in [0.5, 0.6) is 11.5 Å². The van der Waals surface area contributed by atoms with Crippen molar-refractivity contribution < 1.29 is 28.6 Å². The summed E-state index contributed by atoms with van der Waals surface area (Å²) in [5.74, 6) is -0.0258. The second-order valence-electron chi connectivity index (χ2n) is 6.02. The Balaban J connectivity index is 2.52. The number of hydrogen-bond donors (Lipinski definition) is 3. The van der Waals surface area contributed by atoms with E-state index >= 15 is 0 Å². The number of ether oxygens (including phenoxy) is 3. The molecule has 0 heterocycles. The van der Waals surface area contributed by atoms with Crippen LogP contribution < -0.4 is 25.6 Å². The minimum atomic E-state index is -0.836. The molecule has 1 aromatic rings. The number of alkyl carbamates (subject to hydrolysis) is 1. The van der Waals surface area contributed by atoms with Gasteiger partial charge in [-0.2, -0.15) is 0 Å². The highest BCUT2D eigenvalue weighted by molar-refractivity contribution is 5.88. The Labute approximate surface area is 158 Å². The molecule has 0 bridgehead atoms. The molecule has 27 heavy (non-hydrogen) atoms. The molecule has 1 atom stereocenters. The van der Waals surface area contributed by atoms with Gasteiger partial charge in [-0.05, 0) is 31.4 Å². The van der Waals surface area contributed by atoms with Crippen molar-refractivity contribution >= 4 is 17.9 Å². The molecule has 1 aromatic carbocycles. The first-order chi connectivity index (χ1) is 12.9. The van der Waals surface area contributed by atoms with Gasteiger partial charge in [0.05, 0.1) is 13.7 Å². The van der Waals surface area contributed by atoms with Crippen molar-refractivity contribution in [3.8, 4) is 11.5 Å². The van der Waals surface area contributed by atoms with Crippen molar-refractivity contribution in [2.75, 3.05) is 20.3 Å². The second-order valence-corrected chi connectivity index (χ2v) is 6.02. The van der Waals surface area contributed by atoms with Gasteiger partial charge in [0.15, 0.2) is 18.1 Å². The number of carbonyl (C=O) groups excluding carboxylic acids is 3. The van der Waals surface area contributed by atoms with E-state index in [9.17, 15) is 14.4 Å². The summed E-state index contributed by atoms with van der Waals surface area (Å²) in [6.07, 6.45) is -0.340. The van der Waals surface area contributed by atoms with Crippen molar-refractivity contribution in [2.24, 2.45) is 5.92 Å². The molecule has 1 unspecified atom stereocenters. The Hall–Kier alpha value is -2.97. The standard InChI is InChI=1S/C18H27N3O6/c1-5-26-14-8-6-7-9-15(14)27-11-16(22)20-21-17(23)13(10-12(2)3)19-18(24)25-4/h6-9,12-13H,5,10-11H2,1-4H3,(H,19,24)(H,20,22)(H,21,23). The quantitative estimate of drug-likeness (QED) is 0.557. The lowest BCUT2D eigenvalue weighted by Crippen LogP contribution is -2.53. The minimum absolute atomic E-state index is 0.145. The summed E-state index contributed by atoms with van der Waals surface area (Å²) in [6, 6.07) is 6.12. The number of benzene rings is 1. The predicted octanol–water partition coefficient (Wildman–Crippen LogP) is 1.38. The van der Waals surface area contributed by atoms with Crippen LogP contribution in [0, 0.1) is 5.92 Å². The summed E-state index contributed by atoms with van der Waals surface area (Å²) >= 11 is 0. The molecule has 3 amide bonds. The van der Waals surface area contributed by atoms with Crippen LogP contribution in [0.4, 0.5) is 4.79 Å². The van der Waals surface area contributed by atoms with E-state index in [0.717, 1.165) is 0 Å². The first kappa shape index (κ1) is 22.1. The monoisotopic (exact) mass is 381 g/mol. The van der Waals surface area contributed by atoms with E-state index in [2.05, 4.69) is 20.9 Å². The molecule has 0 aromatic heterocycles. The van der Waals surface area contributed by atoms with E-state index in [4.69, 9.17) is 9.47 Å².